The number of carbonyl (C=O) groups excluding carboxylic acids is 1. The second-order valence-corrected chi connectivity index (χ2v) is 5.71. The van der Waals surface area contributed by atoms with Gasteiger partial charge in [0.05, 0.1) is 0 Å². The fraction of sp³-hybridized carbons (Fsp3) is 0.400. The zero-order valence-electron chi connectivity index (χ0n) is 11.3. The van der Waals surface area contributed by atoms with Crippen molar-refractivity contribution < 1.29 is 4.79 Å². The summed E-state index contributed by atoms with van der Waals surface area (Å²) in [6.45, 7) is 4.20. The third-order valence-corrected chi connectivity index (χ3v) is 4.09. The molecule has 2 rings (SSSR count). The molecule has 1 aromatic heterocycles. The number of carbonyl (C=O) groups is 1. The lowest BCUT2D eigenvalue weighted by Gasteiger charge is -2.01. The van der Waals surface area contributed by atoms with Gasteiger partial charge in [0.2, 0.25) is 0 Å². The van der Waals surface area contributed by atoms with E-state index in [1.54, 1.807) is 11.3 Å². The zero-order valence-corrected chi connectivity index (χ0v) is 12.2. The summed E-state index contributed by atoms with van der Waals surface area (Å²) in [6.07, 6.45) is 5.51. The monoisotopic (exact) mass is 274 g/mol. The van der Waals surface area contributed by atoms with E-state index in [-0.39, 0.29) is 0 Å². The Hall–Kier alpha value is -1.55. The highest BCUT2D eigenvalue weighted by Crippen LogP contribution is 2.27. The molecule has 0 aliphatic rings. The molecule has 1 heterocycles. The van der Waals surface area contributed by atoms with Crippen molar-refractivity contribution in [2.45, 2.75) is 39.5 Å². The van der Waals surface area contributed by atoms with E-state index in [1.807, 2.05) is 25.1 Å². The molecule has 2 aromatic rings. The highest BCUT2D eigenvalue weighted by atomic mass is 32.1. The number of unbranched alkanes of at least 4 members (excludes halogenated alkanes) is 2. The van der Waals surface area contributed by atoms with E-state index >= 15 is 0 Å². The van der Waals surface area contributed by atoms with Gasteiger partial charge in [0, 0.05) is 17.5 Å². The molecular formula is C15H18N2OS. The zero-order chi connectivity index (χ0) is 13.7. The Morgan fingerprint density at radius 3 is 2.79 bits per heavy atom. The molecule has 1 aromatic carbocycles. The molecule has 100 valence electrons. The Morgan fingerprint density at radius 1 is 1.26 bits per heavy atom. The second-order valence-electron chi connectivity index (χ2n) is 4.65. The van der Waals surface area contributed by atoms with Crippen molar-refractivity contribution in [2.24, 2.45) is 0 Å². The molecule has 19 heavy (non-hydrogen) atoms. The van der Waals surface area contributed by atoms with Crippen LogP contribution >= 0.6 is 11.3 Å². The minimum atomic E-state index is 0.703. The smallest absolute Gasteiger partial charge is 0.150 e. The van der Waals surface area contributed by atoms with Crippen LogP contribution in [0.4, 0.5) is 0 Å². The molecule has 3 nitrogen and oxygen atoms in total. The first kappa shape index (κ1) is 13.9. The molecule has 0 saturated heterocycles. The maximum Gasteiger partial charge on any atom is 0.150 e. The van der Waals surface area contributed by atoms with Gasteiger partial charge in [-0.15, -0.1) is 10.2 Å². The first-order valence-corrected chi connectivity index (χ1v) is 7.45. The number of hydrogen-bond donors (Lipinski definition) is 0. The quantitative estimate of drug-likeness (QED) is 0.589. The lowest BCUT2D eigenvalue weighted by atomic mass is 10.1. The Kier molecular flexibility index (Phi) is 4.80. The van der Waals surface area contributed by atoms with Crippen molar-refractivity contribution in [3.8, 4) is 10.6 Å². The van der Waals surface area contributed by atoms with Crippen LogP contribution in [0.15, 0.2) is 18.2 Å². The van der Waals surface area contributed by atoms with Gasteiger partial charge in [-0.1, -0.05) is 43.2 Å². The fourth-order valence-corrected chi connectivity index (χ4v) is 2.96. The average Bonchev–Trinajstić information content (AvgIpc) is 2.87. The molecule has 0 fully saturated rings. The molecule has 0 spiro atoms. The van der Waals surface area contributed by atoms with E-state index in [2.05, 4.69) is 17.1 Å². The molecular weight excluding hydrogens is 256 g/mol. The van der Waals surface area contributed by atoms with Crippen LogP contribution in [0.2, 0.25) is 0 Å². The first-order chi connectivity index (χ1) is 9.24. The molecule has 0 aliphatic carbocycles. The van der Waals surface area contributed by atoms with E-state index < -0.39 is 0 Å². The number of hydrogen-bond acceptors (Lipinski definition) is 4. The summed E-state index contributed by atoms with van der Waals surface area (Å²) in [7, 11) is 0. The number of benzene rings is 1. The van der Waals surface area contributed by atoms with E-state index in [0.717, 1.165) is 33.8 Å². The van der Waals surface area contributed by atoms with Crippen LogP contribution in [-0.2, 0) is 6.42 Å². The lowest BCUT2D eigenvalue weighted by Crippen LogP contribution is -1.86. The van der Waals surface area contributed by atoms with Gasteiger partial charge in [-0.2, -0.15) is 0 Å². The van der Waals surface area contributed by atoms with Crippen LogP contribution in [0.25, 0.3) is 10.6 Å². The van der Waals surface area contributed by atoms with E-state index in [4.69, 9.17) is 0 Å². The Bertz CT molecular complexity index is 563. The van der Waals surface area contributed by atoms with Crippen LogP contribution in [0.5, 0.6) is 0 Å². The van der Waals surface area contributed by atoms with Gasteiger partial charge in [-0.25, -0.2) is 0 Å². The van der Waals surface area contributed by atoms with E-state index in [1.165, 1.54) is 19.3 Å². The van der Waals surface area contributed by atoms with Crippen LogP contribution in [0.3, 0.4) is 0 Å². The van der Waals surface area contributed by atoms with Crippen molar-refractivity contribution in [2.75, 3.05) is 0 Å². The van der Waals surface area contributed by atoms with Crippen LogP contribution in [0, 0.1) is 6.92 Å². The van der Waals surface area contributed by atoms with Crippen molar-refractivity contribution in [3.63, 3.8) is 0 Å². The first-order valence-electron chi connectivity index (χ1n) is 6.63. The summed E-state index contributed by atoms with van der Waals surface area (Å²) in [6, 6.07) is 5.67. The summed E-state index contributed by atoms with van der Waals surface area (Å²) in [5.41, 5.74) is 2.85. The topological polar surface area (TPSA) is 42.9 Å². The number of aromatic nitrogens is 2. The van der Waals surface area contributed by atoms with E-state index in [0.29, 0.717) is 5.56 Å². The van der Waals surface area contributed by atoms with Crippen LogP contribution in [0.1, 0.15) is 47.1 Å². The van der Waals surface area contributed by atoms with Crippen molar-refractivity contribution in [1.29, 1.82) is 0 Å². The predicted molar refractivity (Wildman–Crippen MR) is 78.7 cm³/mol. The summed E-state index contributed by atoms with van der Waals surface area (Å²) < 4.78 is 0. The highest BCUT2D eigenvalue weighted by Gasteiger charge is 2.09. The Balaban J connectivity index is 2.15. The third kappa shape index (κ3) is 3.47. The highest BCUT2D eigenvalue weighted by molar-refractivity contribution is 7.14. The Labute approximate surface area is 117 Å². The van der Waals surface area contributed by atoms with Gasteiger partial charge in [0.1, 0.15) is 16.3 Å². The van der Waals surface area contributed by atoms with Crippen LogP contribution in [-0.4, -0.2) is 16.5 Å². The number of rotatable bonds is 6. The molecule has 4 heteroatoms. The third-order valence-electron chi connectivity index (χ3n) is 3.08. The molecule has 0 N–H and O–H groups in total. The molecule has 0 saturated carbocycles. The molecule has 0 radical (unpaired) electrons. The standard InChI is InChI=1S/C15H18N2OS/c1-3-4-5-6-14-16-17-15(19-14)13-8-7-12(10-18)9-11(13)2/h7-10H,3-6H2,1-2H3. The van der Waals surface area contributed by atoms with Gasteiger partial charge in [0.25, 0.3) is 0 Å². The van der Waals surface area contributed by atoms with Crippen molar-refractivity contribution >= 4 is 17.6 Å². The molecule has 0 amide bonds. The number of aryl methyl sites for hydroxylation is 2. The number of aldehydes is 1. The fourth-order valence-electron chi connectivity index (χ4n) is 1.99. The van der Waals surface area contributed by atoms with Crippen molar-refractivity contribution in [3.05, 3.63) is 34.3 Å². The van der Waals surface area contributed by atoms with E-state index in [9.17, 15) is 4.79 Å². The van der Waals surface area contributed by atoms with Gasteiger partial charge in [-0.3, -0.25) is 4.79 Å². The summed E-state index contributed by atoms with van der Waals surface area (Å²) in [5, 5.41) is 10.6. The van der Waals surface area contributed by atoms with Crippen LogP contribution < -0.4 is 0 Å². The normalized spacial score (nSPS) is 10.6. The second kappa shape index (κ2) is 6.57. The van der Waals surface area contributed by atoms with Gasteiger partial charge in [0.15, 0.2) is 0 Å². The lowest BCUT2D eigenvalue weighted by molar-refractivity contribution is 0.112. The predicted octanol–water partition coefficient (Wildman–Crippen LogP) is 4.06. The Morgan fingerprint density at radius 2 is 2.11 bits per heavy atom. The molecule has 0 atom stereocenters. The average molecular weight is 274 g/mol. The van der Waals surface area contributed by atoms with Gasteiger partial charge >= 0.3 is 0 Å². The largest absolute Gasteiger partial charge is 0.298 e. The minimum Gasteiger partial charge on any atom is -0.298 e. The number of nitrogens with zero attached hydrogens (tertiary/aromatic N) is 2. The SMILES string of the molecule is CCCCCc1nnc(-c2ccc(C=O)cc2C)s1. The minimum absolute atomic E-state index is 0.703. The maximum atomic E-state index is 10.7. The molecule has 0 bridgehead atoms. The maximum absolute atomic E-state index is 10.7. The summed E-state index contributed by atoms with van der Waals surface area (Å²) >= 11 is 1.65. The van der Waals surface area contributed by atoms with Crippen molar-refractivity contribution in [1.82, 2.24) is 10.2 Å². The molecule has 0 aliphatic heterocycles. The summed E-state index contributed by atoms with van der Waals surface area (Å²) in [5.74, 6) is 0. The molecule has 0 unspecified atom stereocenters. The van der Waals surface area contributed by atoms with Gasteiger partial charge in [-0.05, 0) is 25.0 Å². The summed E-state index contributed by atoms with van der Waals surface area (Å²) in [4.78, 5) is 10.7. The van der Waals surface area contributed by atoms with Gasteiger partial charge < -0.3 is 0 Å².